The summed E-state index contributed by atoms with van der Waals surface area (Å²) >= 11 is 1.67. The molecule has 0 heterocycles. The van der Waals surface area contributed by atoms with Gasteiger partial charge in [-0.1, -0.05) is 56.9 Å². The molecule has 0 unspecified atom stereocenters. The zero-order chi connectivity index (χ0) is 28.2. The second-order valence-corrected chi connectivity index (χ2v) is 10.8. The number of allylic oxidation sites excluding steroid dienone is 7. The summed E-state index contributed by atoms with van der Waals surface area (Å²) in [6.45, 7) is 22.3. The Morgan fingerprint density at radius 3 is 2.35 bits per heavy atom. The monoisotopic (exact) mass is 526 g/mol. The van der Waals surface area contributed by atoms with Gasteiger partial charge in [-0.25, -0.2) is 8.78 Å². The Morgan fingerprint density at radius 1 is 1.14 bits per heavy atom. The fraction of sp³-hybridized carbons (Fsp3) is 0.300. The van der Waals surface area contributed by atoms with Crippen molar-refractivity contribution in [2.45, 2.75) is 58.6 Å². The minimum absolute atomic E-state index is 0.174. The van der Waals surface area contributed by atoms with E-state index in [2.05, 4.69) is 50.9 Å². The Bertz CT molecular complexity index is 1150. The third-order valence-electron chi connectivity index (χ3n) is 5.71. The van der Waals surface area contributed by atoms with Crippen LogP contribution in [0, 0.1) is 11.6 Å². The molecule has 37 heavy (non-hydrogen) atoms. The second kappa shape index (κ2) is 15.1. The van der Waals surface area contributed by atoms with Gasteiger partial charge in [0.05, 0.1) is 0 Å². The van der Waals surface area contributed by atoms with Crippen LogP contribution in [0.3, 0.4) is 0 Å². The molecule has 1 aromatic rings. The van der Waals surface area contributed by atoms with Crippen LogP contribution in [-0.4, -0.2) is 10.6 Å². The molecule has 5 N–H and O–H groups in total. The fourth-order valence-corrected chi connectivity index (χ4v) is 4.52. The lowest BCUT2D eigenvalue weighted by atomic mass is 10.00. The molecule has 0 saturated carbocycles. The Kier molecular flexibility index (Phi) is 12.9. The molecule has 0 amide bonds. The van der Waals surface area contributed by atoms with Crippen molar-refractivity contribution < 1.29 is 8.78 Å². The number of amidine groups is 1. The highest BCUT2D eigenvalue weighted by Gasteiger charge is 2.23. The maximum atomic E-state index is 14.0. The highest BCUT2D eigenvalue weighted by atomic mass is 32.2. The molecule has 0 radical (unpaired) electrons. The maximum absolute atomic E-state index is 14.0. The van der Waals surface area contributed by atoms with Gasteiger partial charge in [0.25, 0.3) is 0 Å². The van der Waals surface area contributed by atoms with Crippen LogP contribution >= 0.6 is 11.8 Å². The first kappa shape index (κ1) is 31.7. The summed E-state index contributed by atoms with van der Waals surface area (Å²) in [5.74, 6) is 3.69. The average molecular weight is 527 g/mol. The lowest BCUT2D eigenvalue weighted by Gasteiger charge is -2.27. The van der Waals surface area contributed by atoms with Crippen molar-refractivity contribution in [1.82, 2.24) is 5.32 Å². The third kappa shape index (κ3) is 10.3. The lowest BCUT2D eigenvalue weighted by molar-refractivity contribution is 0.507. The van der Waals surface area contributed by atoms with Crippen LogP contribution in [-0.2, 0) is 6.42 Å². The van der Waals surface area contributed by atoms with Gasteiger partial charge in [-0.2, -0.15) is 5.10 Å². The van der Waals surface area contributed by atoms with Gasteiger partial charge >= 0.3 is 0 Å². The number of thioether (sulfide) groups is 1. The third-order valence-corrected chi connectivity index (χ3v) is 7.03. The highest BCUT2D eigenvalue weighted by Crippen LogP contribution is 2.39. The average Bonchev–Trinajstić information content (AvgIpc) is 2.85. The van der Waals surface area contributed by atoms with E-state index in [-0.39, 0.29) is 10.6 Å². The van der Waals surface area contributed by atoms with E-state index >= 15 is 0 Å². The molecule has 1 aromatic carbocycles. The number of hydrogen-bond donors (Lipinski definition) is 3. The van der Waals surface area contributed by atoms with Crippen LogP contribution in [0.1, 0.15) is 53.0 Å². The summed E-state index contributed by atoms with van der Waals surface area (Å²) in [5.41, 5.74) is 10.7. The van der Waals surface area contributed by atoms with Crippen molar-refractivity contribution in [2.75, 3.05) is 0 Å². The van der Waals surface area contributed by atoms with Gasteiger partial charge in [0.15, 0.2) is 11.6 Å². The first-order valence-electron chi connectivity index (χ1n) is 12.0. The molecule has 0 aliphatic carbocycles. The van der Waals surface area contributed by atoms with Crippen LogP contribution in [0.2, 0.25) is 0 Å². The summed E-state index contributed by atoms with van der Waals surface area (Å²) in [6, 6.07) is 3.96. The van der Waals surface area contributed by atoms with Crippen molar-refractivity contribution in [3.63, 3.8) is 0 Å². The van der Waals surface area contributed by atoms with Crippen molar-refractivity contribution in [3.8, 4) is 0 Å². The zero-order valence-electron chi connectivity index (χ0n) is 22.6. The molecule has 200 valence electrons. The molecule has 0 aromatic heterocycles. The molecule has 0 aliphatic heterocycles. The Labute approximate surface area is 225 Å². The maximum Gasteiger partial charge on any atom is 0.159 e. The molecule has 1 rings (SSSR count). The summed E-state index contributed by atoms with van der Waals surface area (Å²) in [7, 11) is 0. The summed E-state index contributed by atoms with van der Waals surface area (Å²) < 4.78 is 27.3. The standard InChI is InChI=1S/C30H40F2N4S/c1-9-12-20(4)30(7,8)37-26(11-3)19-25(17-23-14-16-27(31)28(32)18-23)22(6)35-21(5)13-15-24(10-2)29(33)36-34/h10-11,13-16,18-19,35H,2-4,9,12,17,34H2,1,5-8H3,(H2,33,36)/b21-13+,24-15+,25-22+,26-19+. The van der Waals surface area contributed by atoms with Gasteiger partial charge in [-0.3, -0.25) is 0 Å². The predicted octanol–water partition coefficient (Wildman–Crippen LogP) is 7.56. The Hall–Kier alpha value is -3.32. The van der Waals surface area contributed by atoms with Crippen LogP contribution < -0.4 is 16.9 Å². The number of benzene rings is 1. The highest BCUT2D eigenvalue weighted by molar-refractivity contribution is 8.04. The quantitative estimate of drug-likeness (QED) is 0.0584. The number of nitrogens with one attached hydrogen (secondary N) is 1. The topological polar surface area (TPSA) is 76.4 Å². The second-order valence-electron chi connectivity index (χ2n) is 9.11. The molecular weight excluding hydrogens is 486 g/mol. The van der Waals surface area contributed by atoms with Crippen molar-refractivity contribution >= 4 is 17.6 Å². The molecule has 0 aliphatic rings. The molecule has 0 saturated heterocycles. The summed E-state index contributed by atoms with van der Waals surface area (Å²) in [6.07, 6.45) is 11.3. The molecule has 0 spiro atoms. The first-order valence-corrected chi connectivity index (χ1v) is 12.9. The summed E-state index contributed by atoms with van der Waals surface area (Å²) in [5, 5.41) is 6.87. The number of hydrazone groups is 1. The number of rotatable bonds is 14. The molecule has 0 bridgehead atoms. The van der Waals surface area contributed by atoms with Gasteiger partial charge in [0.1, 0.15) is 5.84 Å². The van der Waals surface area contributed by atoms with Crippen molar-refractivity contribution in [3.05, 3.63) is 119 Å². The minimum Gasteiger partial charge on any atom is -0.382 e. The van der Waals surface area contributed by atoms with Crippen molar-refractivity contribution in [1.29, 1.82) is 0 Å². The smallest absolute Gasteiger partial charge is 0.159 e. The summed E-state index contributed by atoms with van der Waals surface area (Å²) in [4.78, 5) is 0.948. The first-order chi connectivity index (χ1) is 17.4. The van der Waals surface area contributed by atoms with Crippen LogP contribution in [0.25, 0.3) is 0 Å². The van der Waals surface area contributed by atoms with Crippen LogP contribution in [0.5, 0.6) is 0 Å². The largest absolute Gasteiger partial charge is 0.382 e. The van der Waals surface area contributed by atoms with Crippen molar-refractivity contribution in [2.24, 2.45) is 16.7 Å². The van der Waals surface area contributed by atoms with Gasteiger partial charge < -0.3 is 16.9 Å². The van der Waals surface area contributed by atoms with E-state index in [1.165, 1.54) is 6.07 Å². The van der Waals surface area contributed by atoms with E-state index in [0.29, 0.717) is 17.6 Å². The van der Waals surface area contributed by atoms with Crippen LogP contribution in [0.4, 0.5) is 8.78 Å². The minimum atomic E-state index is -0.876. The number of nitrogens with two attached hydrogens (primary N) is 2. The van der Waals surface area contributed by atoms with E-state index < -0.39 is 11.6 Å². The van der Waals surface area contributed by atoms with E-state index in [1.54, 1.807) is 36.1 Å². The van der Waals surface area contributed by atoms with Gasteiger partial charge in [-0.15, -0.1) is 11.8 Å². The number of halogens is 2. The predicted molar refractivity (Wildman–Crippen MR) is 158 cm³/mol. The number of hydrogen-bond acceptors (Lipinski definition) is 4. The molecule has 0 atom stereocenters. The zero-order valence-corrected chi connectivity index (χ0v) is 23.4. The fourth-order valence-electron chi connectivity index (χ4n) is 3.40. The van der Waals surface area contributed by atoms with Gasteiger partial charge in [-0.05, 0) is 82.0 Å². The van der Waals surface area contributed by atoms with E-state index in [0.717, 1.165) is 46.4 Å². The van der Waals surface area contributed by atoms with Crippen LogP contribution in [0.15, 0.2) is 106 Å². The van der Waals surface area contributed by atoms with E-state index in [9.17, 15) is 8.78 Å². The Balaban J connectivity index is 3.48. The number of nitrogens with zero attached hydrogens (tertiary/aromatic N) is 1. The Morgan fingerprint density at radius 2 is 1.81 bits per heavy atom. The normalized spacial score (nSPS) is 14.2. The molecule has 4 nitrogen and oxygen atoms in total. The molecular formula is C30H40F2N4S. The molecule has 0 fully saturated rings. The SMILES string of the molecule is C=C/C(=C\C(Cc1ccc(F)c(F)c1)=C(/C)N/C(C)=C/C=C(C=C)/C(N)=N/N)SC(C)(C)C(=C)CCC. The van der Waals surface area contributed by atoms with Gasteiger partial charge in [0, 0.05) is 26.6 Å². The van der Waals surface area contributed by atoms with E-state index in [1.807, 2.05) is 26.0 Å². The van der Waals surface area contributed by atoms with Gasteiger partial charge in [0.2, 0.25) is 0 Å². The molecule has 7 heteroatoms. The lowest BCUT2D eigenvalue weighted by Crippen LogP contribution is -2.17. The van der Waals surface area contributed by atoms with E-state index in [4.69, 9.17) is 11.6 Å².